The largest absolute Gasteiger partial charge is 0.494 e. The summed E-state index contributed by atoms with van der Waals surface area (Å²) in [6, 6.07) is 12.6. The third-order valence-corrected chi connectivity index (χ3v) is 6.08. The number of anilines is 1. The van der Waals surface area contributed by atoms with E-state index in [1.807, 2.05) is 37.1 Å². The molecule has 2 heterocycles. The second-order valence-corrected chi connectivity index (χ2v) is 7.89. The van der Waals surface area contributed by atoms with E-state index >= 15 is 0 Å². The topological polar surface area (TPSA) is 61.9 Å². The number of nitrogens with zero attached hydrogens (tertiary/aromatic N) is 2. The molecule has 7 heteroatoms. The van der Waals surface area contributed by atoms with E-state index in [4.69, 9.17) is 16.3 Å². The number of halogens is 1. The normalized spacial score (nSPS) is 17.7. The van der Waals surface area contributed by atoms with Crippen molar-refractivity contribution >= 4 is 29.1 Å². The molecule has 1 fully saturated rings. The van der Waals surface area contributed by atoms with Gasteiger partial charge in [-0.1, -0.05) is 11.6 Å². The standard InChI is InChI=1S/C22H24ClN3O3/c1-3-29-17-7-4-15(5-8-17)21(28)26-12-10-22(11-13-26)24-20(27)18-14-16(23)6-9-19(18)25(22)2/h4-9,14H,3,10-13H2,1-2H3,(H,24,27). The lowest BCUT2D eigenvalue weighted by molar-refractivity contribution is 0.0609. The summed E-state index contributed by atoms with van der Waals surface area (Å²) in [4.78, 5) is 29.5. The molecular weight excluding hydrogens is 390 g/mol. The molecule has 152 valence electrons. The van der Waals surface area contributed by atoms with Crippen LogP contribution in [0.25, 0.3) is 0 Å². The maximum absolute atomic E-state index is 12.9. The monoisotopic (exact) mass is 413 g/mol. The van der Waals surface area contributed by atoms with Crippen molar-refractivity contribution in [3.63, 3.8) is 0 Å². The predicted molar refractivity (Wildman–Crippen MR) is 113 cm³/mol. The molecule has 0 aliphatic carbocycles. The van der Waals surface area contributed by atoms with Crippen LogP contribution in [0.2, 0.25) is 5.02 Å². The van der Waals surface area contributed by atoms with E-state index in [0.717, 1.165) is 11.4 Å². The summed E-state index contributed by atoms with van der Waals surface area (Å²) in [5, 5.41) is 3.70. The Labute approximate surface area is 175 Å². The second kappa shape index (κ2) is 7.59. The Morgan fingerprint density at radius 3 is 2.52 bits per heavy atom. The van der Waals surface area contributed by atoms with E-state index in [9.17, 15) is 9.59 Å². The number of carbonyl (C=O) groups is 2. The van der Waals surface area contributed by atoms with Gasteiger partial charge < -0.3 is 19.9 Å². The van der Waals surface area contributed by atoms with Crippen molar-refractivity contribution in [2.24, 2.45) is 0 Å². The number of piperidine rings is 1. The van der Waals surface area contributed by atoms with Gasteiger partial charge in [-0.2, -0.15) is 0 Å². The smallest absolute Gasteiger partial charge is 0.255 e. The number of hydrogen-bond acceptors (Lipinski definition) is 4. The molecule has 2 aliphatic heterocycles. The van der Waals surface area contributed by atoms with Crippen LogP contribution in [-0.2, 0) is 0 Å². The molecule has 0 saturated carbocycles. The molecule has 2 aromatic carbocycles. The Bertz CT molecular complexity index is 937. The molecule has 0 unspecified atom stereocenters. The molecule has 0 radical (unpaired) electrons. The number of likely N-dealkylation sites (tertiary alicyclic amines) is 1. The van der Waals surface area contributed by atoms with Crippen LogP contribution in [0.4, 0.5) is 5.69 Å². The predicted octanol–water partition coefficient (Wildman–Crippen LogP) is 3.55. The number of fused-ring (bicyclic) bond motifs is 1. The number of benzene rings is 2. The highest BCUT2D eigenvalue weighted by molar-refractivity contribution is 6.31. The first kappa shape index (κ1) is 19.6. The maximum atomic E-state index is 12.9. The van der Waals surface area contributed by atoms with E-state index in [1.165, 1.54) is 0 Å². The SMILES string of the molecule is CCOc1ccc(C(=O)N2CCC3(CC2)NC(=O)c2cc(Cl)ccc2N3C)cc1. The van der Waals surface area contributed by atoms with Gasteiger partial charge in [0, 0.05) is 43.6 Å². The van der Waals surface area contributed by atoms with Crippen molar-refractivity contribution in [1.29, 1.82) is 0 Å². The highest BCUT2D eigenvalue weighted by Crippen LogP contribution is 2.37. The average molecular weight is 414 g/mol. The van der Waals surface area contributed by atoms with E-state index in [0.29, 0.717) is 48.7 Å². The highest BCUT2D eigenvalue weighted by Gasteiger charge is 2.44. The van der Waals surface area contributed by atoms with Crippen LogP contribution in [0, 0.1) is 0 Å². The quantitative estimate of drug-likeness (QED) is 0.835. The molecule has 4 rings (SSSR count). The fourth-order valence-corrected chi connectivity index (χ4v) is 4.33. The molecule has 29 heavy (non-hydrogen) atoms. The zero-order valence-electron chi connectivity index (χ0n) is 16.6. The van der Waals surface area contributed by atoms with E-state index in [-0.39, 0.29) is 11.8 Å². The third-order valence-electron chi connectivity index (χ3n) is 5.84. The first-order valence-corrected chi connectivity index (χ1v) is 10.2. The molecule has 0 atom stereocenters. The average Bonchev–Trinajstić information content (AvgIpc) is 2.73. The van der Waals surface area contributed by atoms with Crippen LogP contribution < -0.4 is 15.0 Å². The van der Waals surface area contributed by atoms with Crippen molar-refractivity contribution in [2.45, 2.75) is 25.4 Å². The molecular formula is C22H24ClN3O3. The zero-order valence-corrected chi connectivity index (χ0v) is 17.3. The van der Waals surface area contributed by atoms with Crippen LogP contribution >= 0.6 is 11.6 Å². The minimum absolute atomic E-state index is 0.000121. The van der Waals surface area contributed by atoms with E-state index in [1.54, 1.807) is 24.3 Å². The fraction of sp³-hybridized carbons (Fsp3) is 0.364. The van der Waals surface area contributed by atoms with Crippen LogP contribution in [0.3, 0.4) is 0 Å². The van der Waals surface area contributed by atoms with Gasteiger partial charge >= 0.3 is 0 Å². The lowest BCUT2D eigenvalue weighted by Crippen LogP contribution is -2.67. The zero-order chi connectivity index (χ0) is 20.6. The molecule has 0 bridgehead atoms. The van der Waals surface area contributed by atoms with Crippen LogP contribution in [0.5, 0.6) is 5.75 Å². The van der Waals surface area contributed by atoms with Crippen LogP contribution in [-0.4, -0.2) is 49.1 Å². The Balaban J connectivity index is 1.48. The van der Waals surface area contributed by atoms with Gasteiger partial charge in [0.25, 0.3) is 11.8 Å². The van der Waals surface area contributed by atoms with Gasteiger partial charge in [-0.15, -0.1) is 0 Å². The third kappa shape index (κ3) is 3.53. The van der Waals surface area contributed by atoms with Crippen LogP contribution in [0.1, 0.15) is 40.5 Å². The Kier molecular flexibility index (Phi) is 5.13. The van der Waals surface area contributed by atoms with Crippen molar-refractivity contribution < 1.29 is 14.3 Å². The van der Waals surface area contributed by atoms with Gasteiger partial charge in [0.05, 0.1) is 17.9 Å². The van der Waals surface area contributed by atoms with Gasteiger partial charge in [-0.05, 0) is 49.4 Å². The molecule has 2 aliphatic rings. The van der Waals surface area contributed by atoms with Gasteiger partial charge in [-0.25, -0.2) is 0 Å². The molecule has 6 nitrogen and oxygen atoms in total. The summed E-state index contributed by atoms with van der Waals surface area (Å²) < 4.78 is 5.44. The number of rotatable bonds is 3. The summed E-state index contributed by atoms with van der Waals surface area (Å²) in [7, 11) is 1.98. The van der Waals surface area contributed by atoms with Crippen molar-refractivity contribution in [1.82, 2.24) is 10.2 Å². The maximum Gasteiger partial charge on any atom is 0.255 e. The highest BCUT2D eigenvalue weighted by atomic mass is 35.5. The number of hydrogen-bond donors (Lipinski definition) is 1. The van der Waals surface area contributed by atoms with Crippen molar-refractivity contribution in [3.8, 4) is 5.75 Å². The first-order valence-electron chi connectivity index (χ1n) is 9.81. The minimum Gasteiger partial charge on any atom is -0.494 e. The van der Waals surface area contributed by atoms with E-state index < -0.39 is 5.66 Å². The molecule has 2 aromatic rings. The minimum atomic E-state index is -0.493. The fourth-order valence-electron chi connectivity index (χ4n) is 4.16. The molecule has 1 N–H and O–H groups in total. The molecule has 0 aromatic heterocycles. The first-order chi connectivity index (χ1) is 13.9. The van der Waals surface area contributed by atoms with Gasteiger partial charge in [0.15, 0.2) is 0 Å². The molecule has 1 spiro atoms. The Morgan fingerprint density at radius 2 is 1.86 bits per heavy atom. The number of amides is 2. The number of ether oxygens (including phenoxy) is 1. The summed E-state index contributed by atoms with van der Waals surface area (Å²) in [6.45, 7) is 3.66. The molecule has 2 amide bonds. The van der Waals surface area contributed by atoms with Gasteiger partial charge in [-0.3, -0.25) is 9.59 Å². The number of nitrogens with one attached hydrogen (secondary N) is 1. The second-order valence-electron chi connectivity index (χ2n) is 7.46. The van der Waals surface area contributed by atoms with Crippen molar-refractivity contribution in [2.75, 3.05) is 31.6 Å². The summed E-state index contributed by atoms with van der Waals surface area (Å²) >= 11 is 6.06. The lowest BCUT2D eigenvalue weighted by atomic mass is 9.90. The Morgan fingerprint density at radius 1 is 1.17 bits per heavy atom. The van der Waals surface area contributed by atoms with Gasteiger partial charge in [0.2, 0.25) is 0 Å². The van der Waals surface area contributed by atoms with Crippen LogP contribution in [0.15, 0.2) is 42.5 Å². The molecule has 1 saturated heterocycles. The summed E-state index contributed by atoms with van der Waals surface area (Å²) in [5.74, 6) is 0.638. The van der Waals surface area contributed by atoms with Crippen molar-refractivity contribution in [3.05, 3.63) is 58.6 Å². The summed E-state index contributed by atoms with van der Waals surface area (Å²) in [6.07, 6.45) is 1.31. The van der Waals surface area contributed by atoms with Gasteiger partial charge in [0.1, 0.15) is 11.4 Å². The summed E-state index contributed by atoms with van der Waals surface area (Å²) in [5.41, 5.74) is 1.60. The van der Waals surface area contributed by atoms with E-state index in [2.05, 4.69) is 10.2 Å². The number of carbonyl (C=O) groups excluding carboxylic acids is 2. The lowest BCUT2D eigenvalue weighted by Gasteiger charge is -2.51. The Hall–Kier alpha value is -2.73.